The number of esters is 1. The van der Waals surface area contributed by atoms with Crippen molar-refractivity contribution < 1.29 is 9.53 Å². The molecule has 0 atom stereocenters. The monoisotopic (exact) mass is 359 g/mol. The van der Waals surface area contributed by atoms with Crippen LogP contribution < -0.4 is 4.90 Å². The molecule has 0 unspecified atom stereocenters. The van der Waals surface area contributed by atoms with E-state index < -0.39 is 0 Å². The number of aromatic nitrogens is 2. The predicted octanol–water partition coefficient (Wildman–Crippen LogP) is 4.22. The maximum atomic E-state index is 12.2. The second-order valence-electron chi connectivity index (χ2n) is 6.61. The molecule has 0 amide bonds. The molecule has 0 aliphatic carbocycles. The van der Waals surface area contributed by atoms with E-state index in [9.17, 15) is 4.79 Å². The number of rotatable bonds is 5. The second-order valence-corrected chi connectivity index (χ2v) is 7.64. The number of carbonyl (C=O) groups is 1. The van der Waals surface area contributed by atoms with Gasteiger partial charge in [-0.3, -0.25) is 4.98 Å². The SMILES string of the molecule is CCOC(=O)c1sc(C2CCN(c3ccncc3)CC2)nc1C(C)C. The van der Waals surface area contributed by atoms with Crippen LogP contribution >= 0.6 is 11.3 Å². The number of hydrogen-bond donors (Lipinski definition) is 0. The summed E-state index contributed by atoms with van der Waals surface area (Å²) in [4.78, 5) is 24.2. The molecule has 2 aromatic rings. The molecule has 1 saturated heterocycles. The van der Waals surface area contributed by atoms with E-state index in [4.69, 9.17) is 9.72 Å². The van der Waals surface area contributed by atoms with Crippen LogP contribution in [0.4, 0.5) is 5.69 Å². The lowest BCUT2D eigenvalue weighted by molar-refractivity contribution is 0.0530. The number of nitrogens with zero attached hydrogens (tertiary/aromatic N) is 3. The van der Waals surface area contributed by atoms with Gasteiger partial charge in [-0.25, -0.2) is 9.78 Å². The van der Waals surface area contributed by atoms with Crippen LogP contribution in [0.15, 0.2) is 24.5 Å². The van der Waals surface area contributed by atoms with Gasteiger partial charge in [0.2, 0.25) is 0 Å². The zero-order chi connectivity index (χ0) is 17.8. The highest BCUT2D eigenvalue weighted by Crippen LogP contribution is 2.36. The summed E-state index contributed by atoms with van der Waals surface area (Å²) in [5.74, 6) is 0.411. The van der Waals surface area contributed by atoms with Gasteiger partial charge in [0.05, 0.1) is 17.3 Å². The van der Waals surface area contributed by atoms with Gasteiger partial charge in [-0.2, -0.15) is 0 Å². The third-order valence-corrected chi connectivity index (χ3v) is 5.76. The number of anilines is 1. The fraction of sp³-hybridized carbons (Fsp3) is 0.526. The van der Waals surface area contributed by atoms with E-state index in [0.717, 1.165) is 36.6 Å². The van der Waals surface area contributed by atoms with Crippen molar-refractivity contribution in [2.45, 2.75) is 45.4 Å². The van der Waals surface area contributed by atoms with E-state index in [1.54, 1.807) is 0 Å². The van der Waals surface area contributed by atoms with Crippen molar-refractivity contribution in [3.05, 3.63) is 40.1 Å². The summed E-state index contributed by atoms with van der Waals surface area (Å²) in [7, 11) is 0. The molecule has 134 valence electrons. The van der Waals surface area contributed by atoms with Gasteiger partial charge in [0, 0.05) is 37.1 Å². The first-order valence-electron chi connectivity index (χ1n) is 8.92. The molecule has 2 aromatic heterocycles. The molecule has 6 heteroatoms. The predicted molar refractivity (Wildman–Crippen MR) is 101 cm³/mol. The van der Waals surface area contributed by atoms with Crippen molar-refractivity contribution in [3.63, 3.8) is 0 Å². The van der Waals surface area contributed by atoms with E-state index in [-0.39, 0.29) is 11.9 Å². The standard InChI is InChI=1S/C19H25N3O2S/c1-4-24-19(23)17-16(13(2)3)21-18(25-17)14-7-11-22(12-8-14)15-5-9-20-10-6-15/h5-6,9-10,13-14H,4,7-8,11-12H2,1-3H3. The zero-order valence-electron chi connectivity index (χ0n) is 15.1. The van der Waals surface area contributed by atoms with Crippen LogP contribution in [0, 0.1) is 0 Å². The Labute approximate surface area is 153 Å². The first-order valence-corrected chi connectivity index (χ1v) is 9.74. The van der Waals surface area contributed by atoms with Crippen molar-refractivity contribution in [2.24, 2.45) is 0 Å². The molecule has 0 bridgehead atoms. The van der Waals surface area contributed by atoms with E-state index in [2.05, 4.69) is 35.9 Å². The van der Waals surface area contributed by atoms with Crippen molar-refractivity contribution in [1.29, 1.82) is 0 Å². The molecular weight excluding hydrogens is 334 g/mol. The van der Waals surface area contributed by atoms with Gasteiger partial charge in [-0.05, 0) is 37.8 Å². The van der Waals surface area contributed by atoms with Crippen molar-refractivity contribution in [1.82, 2.24) is 9.97 Å². The lowest BCUT2D eigenvalue weighted by atomic mass is 9.97. The Balaban J connectivity index is 1.73. The summed E-state index contributed by atoms with van der Waals surface area (Å²) >= 11 is 1.53. The highest BCUT2D eigenvalue weighted by Gasteiger charge is 2.28. The Kier molecular flexibility index (Phi) is 5.68. The molecule has 0 saturated carbocycles. The summed E-state index contributed by atoms with van der Waals surface area (Å²) in [6.07, 6.45) is 5.77. The van der Waals surface area contributed by atoms with E-state index in [0.29, 0.717) is 17.4 Å². The van der Waals surface area contributed by atoms with Crippen molar-refractivity contribution >= 4 is 23.0 Å². The smallest absolute Gasteiger partial charge is 0.350 e. The highest BCUT2D eigenvalue weighted by molar-refractivity contribution is 7.13. The minimum absolute atomic E-state index is 0.223. The Bertz CT molecular complexity index is 707. The van der Waals surface area contributed by atoms with E-state index in [1.165, 1.54) is 17.0 Å². The molecule has 3 rings (SSSR count). The fourth-order valence-electron chi connectivity index (χ4n) is 3.20. The molecule has 0 N–H and O–H groups in total. The third-order valence-electron chi connectivity index (χ3n) is 4.55. The average Bonchev–Trinajstić information content (AvgIpc) is 3.09. The Morgan fingerprint density at radius 3 is 2.60 bits per heavy atom. The van der Waals surface area contributed by atoms with Gasteiger partial charge in [0.15, 0.2) is 0 Å². The van der Waals surface area contributed by atoms with Crippen LogP contribution in [-0.2, 0) is 4.74 Å². The van der Waals surface area contributed by atoms with Crippen LogP contribution in [0.1, 0.15) is 65.8 Å². The minimum Gasteiger partial charge on any atom is -0.462 e. The van der Waals surface area contributed by atoms with Gasteiger partial charge in [0.25, 0.3) is 0 Å². The van der Waals surface area contributed by atoms with Gasteiger partial charge >= 0.3 is 5.97 Å². The molecule has 1 aliphatic rings. The van der Waals surface area contributed by atoms with Crippen molar-refractivity contribution in [2.75, 3.05) is 24.6 Å². The van der Waals surface area contributed by atoms with Gasteiger partial charge in [-0.15, -0.1) is 11.3 Å². The summed E-state index contributed by atoms with van der Waals surface area (Å²) in [6, 6.07) is 4.11. The lowest BCUT2D eigenvalue weighted by Gasteiger charge is -2.32. The number of hydrogen-bond acceptors (Lipinski definition) is 6. The van der Waals surface area contributed by atoms with Gasteiger partial charge in [-0.1, -0.05) is 13.8 Å². The summed E-state index contributed by atoms with van der Waals surface area (Å²) in [5.41, 5.74) is 2.11. The molecule has 25 heavy (non-hydrogen) atoms. The fourth-order valence-corrected chi connectivity index (χ4v) is 4.48. The Morgan fingerprint density at radius 1 is 1.32 bits per heavy atom. The minimum atomic E-state index is -0.232. The first kappa shape index (κ1) is 17.9. The number of pyridine rings is 1. The van der Waals surface area contributed by atoms with Crippen molar-refractivity contribution in [3.8, 4) is 0 Å². The zero-order valence-corrected chi connectivity index (χ0v) is 15.9. The molecule has 3 heterocycles. The first-order chi connectivity index (χ1) is 12.1. The molecule has 0 aromatic carbocycles. The van der Waals surface area contributed by atoms with Gasteiger partial charge in [0.1, 0.15) is 4.88 Å². The summed E-state index contributed by atoms with van der Waals surface area (Å²) in [6.45, 7) is 8.39. The normalized spacial score (nSPS) is 15.6. The number of piperidine rings is 1. The maximum Gasteiger partial charge on any atom is 0.350 e. The number of thiazole rings is 1. The highest BCUT2D eigenvalue weighted by atomic mass is 32.1. The van der Waals surface area contributed by atoms with Crippen LogP contribution in [0.25, 0.3) is 0 Å². The second kappa shape index (κ2) is 7.95. The van der Waals surface area contributed by atoms with Crippen LogP contribution in [0.2, 0.25) is 0 Å². The topological polar surface area (TPSA) is 55.3 Å². The number of carbonyl (C=O) groups excluding carboxylic acids is 1. The maximum absolute atomic E-state index is 12.2. The van der Waals surface area contributed by atoms with Crippen LogP contribution in [0.3, 0.4) is 0 Å². The molecule has 1 aliphatic heterocycles. The molecule has 1 fully saturated rings. The molecule has 5 nitrogen and oxygen atoms in total. The summed E-state index contributed by atoms with van der Waals surface area (Å²) in [5, 5.41) is 1.08. The molecule has 0 radical (unpaired) electrons. The van der Waals surface area contributed by atoms with E-state index in [1.807, 2.05) is 19.3 Å². The molecular formula is C19H25N3O2S. The van der Waals surface area contributed by atoms with E-state index >= 15 is 0 Å². The number of ether oxygens (including phenoxy) is 1. The van der Waals surface area contributed by atoms with Crippen LogP contribution in [-0.4, -0.2) is 35.6 Å². The Hall–Kier alpha value is -1.95. The molecule has 0 spiro atoms. The quantitative estimate of drug-likeness (QED) is 0.748. The summed E-state index contributed by atoms with van der Waals surface area (Å²) < 4.78 is 5.21. The third kappa shape index (κ3) is 4.00. The lowest BCUT2D eigenvalue weighted by Crippen LogP contribution is -2.32. The average molecular weight is 359 g/mol. The van der Waals surface area contributed by atoms with Crippen LogP contribution in [0.5, 0.6) is 0 Å². The van der Waals surface area contributed by atoms with Gasteiger partial charge < -0.3 is 9.64 Å². The largest absolute Gasteiger partial charge is 0.462 e. The Morgan fingerprint density at radius 2 is 2.00 bits per heavy atom.